The summed E-state index contributed by atoms with van der Waals surface area (Å²) in [5, 5.41) is 0.822. The summed E-state index contributed by atoms with van der Waals surface area (Å²) >= 11 is 0. The summed E-state index contributed by atoms with van der Waals surface area (Å²) in [6, 6.07) is 3.76. The highest BCUT2D eigenvalue weighted by Crippen LogP contribution is 2.37. The fourth-order valence-corrected chi connectivity index (χ4v) is 2.24. The average Bonchev–Trinajstić information content (AvgIpc) is 3.38. The quantitative estimate of drug-likeness (QED) is 0.464. The van der Waals surface area contributed by atoms with Crippen molar-refractivity contribution in [2.75, 3.05) is 39.6 Å². The standard InChI is InChI=1S/C15H17O6Si/c22-13-2-1-12(19-6-9-3-16-9)14(20-7-10-4-17-10)15(13)21-8-11-5-18-11/h1-2,9-11H,3-8H2. The molecule has 3 aliphatic rings. The molecular weight excluding hydrogens is 304 g/mol. The van der Waals surface area contributed by atoms with Gasteiger partial charge in [-0.3, -0.25) is 0 Å². The molecule has 0 aliphatic carbocycles. The Labute approximate surface area is 132 Å². The third-order valence-electron chi connectivity index (χ3n) is 3.53. The molecule has 6 nitrogen and oxygen atoms in total. The van der Waals surface area contributed by atoms with E-state index in [-0.39, 0.29) is 18.3 Å². The van der Waals surface area contributed by atoms with Gasteiger partial charge in [0.2, 0.25) is 5.75 Å². The van der Waals surface area contributed by atoms with Gasteiger partial charge in [-0.1, -0.05) is 6.07 Å². The first-order valence-electron chi connectivity index (χ1n) is 7.41. The molecule has 0 spiro atoms. The number of benzene rings is 1. The molecule has 3 radical (unpaired) electrons. The number of epoxide rings is 3. The van der Waals surface area contributed by atoms with Gasteiger partial charge in [0.1, 0.15) is 38.1 Å². The molecule has 3 fully saturated rings. The predicted molar refractivity (Wildman–Crippen MR) is 77.5 cm³/mol. The highest BCUT2D eigenvalue weighted by atomic mass is 28.1. The normalized spacial score (nSPS) is 28.1. The molecular formula is C15H17O6Si. The Morgan fingerprint density at radius 3 is 1.86 bits per heavy atom. The maximum Gasteiger partial charge on any atom is 0.203 e. The zero-order chi connectivity index (χ0) is 14.9. The lowest BCUT2D eigenvalue weighted by atomic mass is 10.3. The molecule has 3 aliphatic heterocycles. The predicted octanol–water partition coefficient (Wildman–Crippen LogP) is -0.187. The van der Waals surface area contributed by atoms with Gasteiger partial charge in [-0.2, -0.15) is 0 Å². The van der Waals surface area contributed by atoms with Crippen molar-refractivity contribution in [3.8, 4) is 17.2 Å². The summed E-state index contributed by atoms with van der Waals surface area (Å²) in [4.78, 5) is 0. The number of hydrogen-bond donors (Lipinski definition) is 0. The molecule has 3 atom stereocenters. The Morgan fingerprint density at radius 2 is 1.32 bits per heavy atom. The molecule has 0 saturated carbocycles. The zero-order valence-electron chi connectivity index (χ0n) is 12.1. The van der Waals surface area contributed by atoms with E-state index in [4.69, 9.17) is 28.4 Å². The van der Waals surface area contributed by atoms with Crippen LogP contribution in [0, 0.1) is 0 Å². The largest absolute Gasteiger partial charge is 0.487 e. The zero-order valence-corrected chi connectivity index (χ0v) is 13.1. The van der Waals surface area contributed by atoms with Gasteiger partial charge in [0.25, 0.3) is 0 Å². The van der Waals surface area contributed by atoms with E-state index >= 15 is 0 Å². The second-order valence-electron chi connectivity index (χ2n) is 5.57. The summed E-state index contributed by atoms with van der Waals surface area (Å²) in [5.74, 6) is 1.90. The lowest BCUT2D eigenvalue weighted by Gasteiger charge is -2.18. The molecule has 1 aromatic rings. The third-order valence-corrected chi connectivity index (χ3v) is 3.93. The molecule has 1 aromatic carbocycles. The minimum atomic E-state index is 0.164. The summed E-state index contributed by atoms with van der Waals surface area (Å²) in [6.07, 6.45) is 0.528. The first-order valence-corrected chi connectivity index (χ1v) is 7.91. The van der Waals surface area contributed by atoms with Crippen LogP contribution >= 0.6 is 0 Å². The second-order valence-corrected chi connectivity index (χ2v) is 6.11. The Bertz CT molecular complexity index is 539. The SMILES string of the molecule is [Si]c1ccc(OCC2CO2)c(OCC2CO2)c1OCC1CO1. The molecule has 3 unspecified atom stereocenters. The second kappa shape index (κ2) is 6.08. The van der Waals surface area contributed by atoms with Crippen LogP contribution in [0.4, 0.5) is 0 Å². The van der Waals surface area contributed by atoms with Gasteiger partial charge in [0.05, 0.1) is 30.1 Å². The minimum Gasteiger partial charge on any atom is -0.487 e. The first kappa shape index (κ1) is 14.3. The van der Waals surface area contributed by atoms with Crippen LogP contribution in [-0.2, 0) is 14.2 Å². The highest BCUT2D eigenvalue weighted by molar-refractivity contribution is 6.34. The lowest BCUT2D eigenvalue weighted by molar-refractivity contribution is 0.209. The number of rotatable bonds is 9. The van der Waals surface area contributed by atoms with Gasteiger partial charge >= 0.3 is 0 Å². The van der Waals surface area contributed by atoms with E-state index in [0.29, 0.717) is 37.1 Å². The van der Waals surface area contributed by atoms with Crippen molar-refractivity contribution in [2.24, 2.45) is 0 Å². The first-order chi connectivity index (χ1) is 10.8. The number of hydrogen-bond acceptors (Lipinski definition) is 6. The van der Waals surface area contributed by atoms with Gasteiger partial charge in [-0.05, 0) is 11.3 Å². The average molecular weight is 321 g/mol. The molecule has 0 N–H and O–H groups in total. The summed E-state index contributed by atoms with van der Waals surface area (Å²) in [7, 11) is 3.57. The maximum atomic E-state index is 5.89. The van der Waals surface area contributed by atoms with Crippen LogP contribution in [-0.4, -0.2) is 68.2 Å². The van der Waals surface area contributed by atoms with E-state index in [0.717, 1.165) is 25.0 Å². The van der Waals surface area contributed by atoms with Crippen LogP contribution in [0.5, 0.6) is 17.2 Å². The highest BCUT2D eigenvalue weighted by Gasteiger charge is 2.29. The molecule has 3 heterocycles. The Balaban J connectivity index is 1.51. The van der Waals surface area contributed by atoms with Gasteiger partial charge in [0, 0.05) is 0 Å². The van der Waals surface area contributed by atoms with Crippen LogP contribution in [0.3, 0.4) is 0 Å². The fraction of sp³-hybridized carbons (Fsp3) is 0.600. The fourth-order valence-electron chi connectivity index (χ4n) is 1.97. The van der Waals surface area contributed by atoms with Crippen molar-refractivity contribution in [3.63, 3.8) is 0 Å². The van der Waals surface area contributed by atoms with Crippen molar-refractivity contribution in [2.45, 2.75) is 18.3 Å². The van der Waals surface area contributed by atoms with Crippen LogP contribution < -0.4 is 19.4 Å². The van der Waals surface area contributed by atoms with E-state index in [9.17, 15) is 0 Å². The van der Waals surface area contributed by atoms with E-state index < -0.39 is 0 Å². The smallest absolute Gasteiger partial charge is 0.203 e. The van der Waals surface area contributed by atoms with Crippen molar-refractivity contribution in [3.05, 3.63) is 12.1 Å². The Hall–Kier alpha value is -1.28. The van der Waals surface area contributed by atoms with Crippen LogP contribution in [0.25, 0.3) is 0 Å². The summed E-state index contributed by atoms with van der Waals surface area (Å²) < 4.78 is 33.1. The van der Waals surface area contributed by atoms with Crippen LogP contribution in [0.1, 0.15) is 0 Å². The molecule has 4 rings (SSSR count). The van der Waals surface area contributed by atoms with Crippen molar-refractivity contribution in [1.82, 2.24) is 0 Å². The van der Waals surface area contributed by atoms with Gasteiger partial charge in [-0.25, -0.2) is 0 Å². The molecule has 0 aromatic heterocycles. The maximum absolute atomic E-state index is 5.89. The van der Waals surface area contributed by atoms with E-state index in [1.54, 1.807) is 0 Å². The van der Waals surface area contributed by atoms with Gasteiger partial charge in [0.15, 0.2) is 11.5 Å². The van der Waals surface area contributed by atoms with Gasteiger partial charge in [-0.15, -0.1) is 0 Å². The van der Waals surface area contributed by atoms with Crippen LogP contribution in [0.15, 0.2) is 12.1 Å². The van der Waals surface area contributed by atoms with Crippen molar-refractivity contribution < 1.29 is 28.4 Å². The lowest BCUT2D eigenvalue weighted by Crippen LogP contribution is -2.17. The molecule has 0 bridgehead atoms. The third kappa shape index (κ3) is 3.72. The van der Waals surface area contributed by atoms with Crippen molar-refractivity contribution >= 4 is 15.4 Å². The molecule has 3 saturated heterocycles. The molecule has 117 valence electrons. The molecule has 7 heteroatoms. The van der Waals surface area contributed by atoms with Gasteiger partial charge < -0.3 is 28.4 Å². The molecule has 22 heavy (non-hydrogen) atoms. The topological polar surface area (TPSA) is 65.3 Å². The van der Waals surface area contributed by atoms with E-state index in [1.165, 1.54) is 0 Å². The van der Waals surface area contributed by atoms with Crippen LogP contribution in [0.2, 0.25) is 0 Å². The minimum absolute atomic E-state index is 0.164. The molecule has 0 amide bonds. The Kier molecular flexibility index (Phi) is 3.95. The van der Waals surface area contributed by atoms with Crippen molar-refractivity contribution in [1.29, 1.82) is 0 Å². The van der Waals surface area contributed by atoms with E-state index in [1.807, 2.05) is 12.1 Å². The Morgan fingerprint density at radius 1 is 0.818 bits per heavy atom. The number of ether oxygens (including phenoxy) is 6. The summed E-state index contributed by atoms with van der Waals surface area (Å²) in [5.41, 5.74) is 0. The monoisotopic (exact) mass is 321 g/mol. The summed E-state index contributed by atoms with van der Waals surface area (Å²) in [6.45, 7) is 3.75. The van der Waals surface area contributed by atoms with E-state index in [2.05, 4.69) is 10.2 Å².